The molecule has 1 aliphatic heterocycles. The highest BCUT2D eigenvalue weighted by Gasteiger charge is 2.16. The number of fused-ring (bicyclic) bond motifs is 1. The Hall–Kier alpha value is -1.88. The maximum Gasteiger partial charge on any atom is 0.231 e. The summed E-state index contributed by atoms with van der Waals surface area (Å²) in [6.45, 7) is 4.78. The number of benzene rings is 2. The van der Waals surface area contributed by atoms with E-state index in [0.717, 1.165) is 38.3 Å². The number of anilines is 1. The van der Waals surface area contributed by atoms with Crippen LogP contribution >= 0.6 is 15.9 Å². The first-order chi connectivity index (χ1) is 10.0. The molecule has 0 aliphatic carbocycles. The van der Waals surface area contributed by atoms with Crippen molar-refractivity contribution in [3.63, 3.8) is 0 Å². The van der Waals surface area contributed by atoms with Gasteiger partial charge in [-0.25, -0.2) is 0 Å². The molecule has 0 aromatic heterocycles. The minimum absolute atomic E-state index is 0.273. The lowest BCUT2D eigenvalue weighted by molar-refractivity contribution is 0.174. The van der Waals surface area contributed by atoms with E-state index in [-0.39, 0.29) is 6.79 Å². The van der Waals surface area contributed by atoms with E-state index in [1.807, 2.05) is 32.0 Å². The van der Waals surface area contributed by atoms with Gasteiger partial charge in [-0.2, -0.15) is 0 Å². The van der Waals surface area contributed by atoms with Crippen molar-refractivity contribution in [2.45, 2.75) is 20.4 Å². The molecule has 2 aromatic rings. The third kappa shape index (κ3) is 2.78. The number of aryl methyl sites for hydroxylation is 2. The smallest absolute Gasteiger partial charge is 0.231 e. The largest absolute Gasteiger partial charge is 0.508 e. The molecule has 0 saturated carbocycles. The Labute approximate surface area is 131 Å². The van der Waals surface area contributed by atoms with E-state index in [2.05, 4.69) is 21.2 Å². The van der Waals surface area contributed by atoms with E-state index in [1.165, 1.54) is 0 Å². The molecule has 1 heterocycles. The molecule has 0 spiro atoms. The first-order valence-corrected chi connectivity index (χ1v) is 7.46. The van der Waals surface area contributed by atoms with Gasteiger partial charge in [0.25, 0.3) is 0 Å². The summed E-state index contributed by atoms with van der Waals surface area (Å²) in [7, 11) is 0. The fourth-order valence-electron chi connectivity index (χ4n) is 2.28. The van der Waals surface area contributed by atoms with Crippen LogP contribution in [0, 0.1) is 13.8 Å². The third-order valence-corrected chi connectivity index (χ3v) is 4.29. The summed E-state index contributed by atoms with van der Waals surface area (Å²) < 4.78 is 11.7. The van der Waals surface area contributed by atoms with E-state index >= 15 is 0 Å². The molecule has 5 heteroatoms. The molecule has 0 fully saturated rings. The summed E-state index contributed by atoms with van der Waals surface area (Å²) in [5.74, 6) is 1.86. The molecule has 2 N–H and O–H groups in total. The zero-order chi connectivity index (χ0) is 15.0. The number of ether oxygens (including phenoxy) is 2. The van der Waals surface area contributed by atoms with Crippen LogP contribution in [-0.2, 0) is 6.54 Å². The number of rotatable bonds is 3. The predicted molar refractivity (Wildman–Crippen MR) is 85.2 cm³/mol. The van der Waals surface area contributed by atoms with Crippen molar-refractivity contribution in [3.05, 3.63) is 45.4 Å². The molecule has 0 unspecified atom stereocenters. The van der Waals surface area contributed by atoms with Gasteiger partial charge in [-0.15, -0.1) is 0 Å². The topological polar surface area (TPSA) is 50.7 Å². The first kappa shape index (κ1) is 14.1. The minimum Gasteiger partial charge on any atom is -0.508 e. The maximum absolute atomic E-state index is 9.69. The molecule has 2 aromatic carbocycles. The predicted octanol–water partition coefficient (Wildman–Crippen LogP) is 4.11. The van der Waals surface area contributed by atoms with Crippen LogP contribution in [0.5, 0.6) is 17.2 Å². The average molecular weight is 350 g/mol. The van der Waals surface area contributed by atoms with Crippen LogP contribution in [0.2, 0.25) is 0 Å². The van der Waals surface area contributed by atoms with Crippen molar-refractivity contribution in [3.8, 4) is 17.2 Å². The number of aromatic hydroxyl groups is 1. The molecule has 0 atom stereocenters. The van der Waals surface area contributed by atoms with E-state index in [0.29, 0.717) is 12.3 Å². The van der Waals surface area contributed by atoms with E-state index in [9.17, 15) is 5.11 Å². The number of phenols is 1. The van der Waals surface area contributed by atoms with E-state index in [1.54, 1.807) is 6.07 Å². The van der Waals surface area contributed by atoms with Crippen molar-refractivity contribution < 1.29 is 14.6 Å². The highest BCUT2D eigenvalue weighted by Crippen LogP contribution is 2.37. The summed E-state index contributed by atoms with van der Waals surface area (Å²) >= 11 is 3.55. The Kier molecular flexibility index (Phi) is 3.68. The Morgan fingerprint density at radius 3 is 2.57 bits per heavy atom. The normalized spacial score (nSPS) is 12.5. The number of hydrogen-bond donors (Lipinski definition) is 2. The lowest BCUT2D eigenvalue weighted by Gasteiger charge is -2.13. The monoisotopic (exact) mass is 349 g/mol. The van der Waals surface area contributed by atoms with Gasteiger partial charge in [-0.1, -0.05) is 15.9 Å². The standard InChI is InChI=1S/C16H16BrNO3/c1-9-4-14(19)10(2)3-13(9)18-7-11-5-15-16(6-12(11)17)21-8-20-15/h3-6,18-19H,7-8H2,1-2H3. The number of hydrogen-bond acceptors (Lipinski definition) is 4. The van der Waals surface area contributed by atoms with Gasteiger partial charge in [0.15, 0.2) is 11.5 Å². The molecule has 0 saturated heterocycles. The second-order valence-electron chi connectivity index (χ2n) is 5.10. The highest BCUT2D eigenvalue weighted by molar-refractivity contribution is 9.10. The van der Waals surface area contributed by atoms with Crippen LogP contribution in [-0.4, -0.2) is 11.9 Å². The molecule has 0 amide bonds. The summed E-state index contributed by atoms with van der Waals surface area (Å²) in [6, 6.07) is 7.62. The van der Waals surface area contributed by atoms with Crippen LogP contribution < -0.4 is 14.8 Å². The van der Waals surface area contributed by atoms with Crippen molar-refractivity contribution in [1.29, 1.82) is 0 Å². The highest BCUT2D eigenvalue weighted by atomic mass is 79.9. The summed E-state index contributed by atoms with van der Waals surface area (Å²) in [4.78, 5) is 0. The van der Waals surface area contributed by atoms with Crippen LogP contribution in [0.25, 0.3) is 0 Å². The lowest BCUT2D eigenvalue weighted by atomic mass is 10.1. The Morgan fingerprint density at radius 2 is 1.81 bits per heavy atom. The zero-order valence-electron chi connectivity index (χ0n) is 11.9. The van der Waals surface area contributed by atoms with Gasteiger partial charge in [0.1, 0.15) is 5.75 Å². The van der Waals surface area contributed by atoms with Gasteiger partial charge >= 0.3 is 0 Å². The molecule has 110 valence electrons. The zero-order valence-corrected chi connectivity index (χ0v) is 13.5. The van der Waals surface area contributed by atoms with Gasteiger partial charge in [0, 0.05) is 16.7 Å². The summed E-state index contributed by atoms with van der Waals surface area (Å²) in [5, 5.41) is 13.1. The fourth-order valence-corrected chi connectivity index (χ4v) is 2.74. The summed E-state index contributed by atoms with van der Waals surface area (Å²) in [6.07, 6.45) is 0. The minimum atomic E-state index is 0.273. The van der Waals surface area contributed by atoms with Crippen LogP contribution in [0.4, 0.5) is 5.69 Å². The van der Waals surface area contributed by atoms with E-state index in [4.69, 9.17) is 9.47 Å². The van der Waals surface area contributed by atoms with Crippen LogP contribution in [0.15, 0.2) is 28.7 Å². The van der Waals surface area contributed by atoms with Gasteiger partial charge < -0.3 is 19.9 Å². The number of phenolic OH excluding ortho intramolecular Hbond substituents is 1. The lowest BCUT2D eigenvalue weighted by Crippen LogP contribution is -2.02. The van der Waals surface area contributed by atoms with Crippen LogP contribution in [0.3, 0.4) is 0 Å². The maximum atomic E-state index is 9.69. The van der Waals surface area contributed by atoms with Gasteiger partial charge in [0.2, 0.25) is 6.79 Å². The molecule has 0 bridgehead atoms. The molecule has 3 rings (SSSR count). The fraction of sp³-hybridized carbons (Fsp3) is 0.250. The third-order valence-electron chi connectivity index (χ3n) is 3.55. The molecule has 1 aliphatic rings. The van der Waals surface area contributed by atoms with Gasteiger partial charge in [-0.3, -0.25) is 0 Å². The molecule has 4 nitrogen and oxygen atoms in total. The quantitative estimate of drug-likeness (QED) is 0.818. The second kappa shape index (κ2) is 5.48. The van der Waals surface area contributed by atoms with Crippen molar-refractivity contribution in [1.82, 2.24) is 0 Å². The SMILES string of the molecule is Cc1cc(NCc2cc3c(cc2Br)OCO3)c(C)cc1O. The molecular weight excluding hydrogens is 334 g/mol. The summed E-state index contributed by atoms with van der Waals surface area (Å²) in [5.41, 5.74) is 3.96. The Morgan fingerprint density at radius 1 is 1.10 bits per heavy atom. The second-order valence-corrected chi connectivity index (χ2v) is 5.96. The molecule has 0 radical (unpaired) electrons. The number of nitrogens with one attached hydrogen (secondary N) is 1. The van der Waals surface area contributed by atoms with Crippen molar-refractivity contribution in [2.75, 3.05) is 12.1 Å². The molecular formula is C16H16BrNO3. The van der Waals surface area contributed by atoms with Crippen LogP contribution in [0.1, 0.15) is 16.7 Å². The van der Waals surface area contributed by atoms with Gasteiger partial charge in [0.05, 0.1) is 0 Å². The van der Waals surface area contributed by atoms with Crippen molar-refractivity contribution in [2.24, 2.45) is 0 Å². The number of halogens is 1. The van der Waals surface area contributed by atoms with Gasteiger partial charge in [-0.05, 0) is 54.8 Å². The Balaban J connectivity index is 1.81. The average Bonchev–Trinajstić information content (AvgIpc) is 2.88. The van der Waals surface area contributed by atoms with Crippen molar-refractivity contribution >= 4 is 21.6 Å². The van der Waals surface area contributed by atoms with E-state index < -0.39 is 0 Å². The Bertz CT molecular complexity index is 700. The molecule has 21 heavy (non-hydrogen) atoms. The first-order valence-electron chi connectivity index (χ1n) is 6.66.